The molecule has 0 radical (unpaired) electrons. The van der Waals surface area contributed by atoms with Gasteiger partial charge in [-0.05, 0) is 44.6 Å². The summed E-state index contributed by atoms with van der Waals surface area (Å²) in [4.78, 5) is 14.5. The Morgan fingerprint density at radius 1 is 1.40 bits per heavy atom. The second-order valence-electron chi connectivity index (χ2n) is 6.17. The van der Waals surface area contributed by atoms with Crippen LogP contribution in [0.3, 0.4) is 0 Å². The number of hydrogen-bond acceptors (Lipinski definition) is 3. The molecule has 0 aromatic heterocycles. The average molecular weight is 277 g/mol. The van der Waals surface area contributed by atoms with Crippen molar-refractivity contribution in [2.24, 2.45) is 11.7 Å². The molecule has 1 rings (SSSR count). The van der Waals surface area contributed by atoms with Crippen LogP contribution in [0.4, 0.5) is 0 Å². The van der Waals surface area contributed by atoms with Gasteiger partial charge in [0.05, 0.1) is 5.54 Å². The predicted molar refractivity (Wildman–Crippen MR) is 83.6 cm³/mol. The van der Waals surface area contributed by atoms with Gasteiger partial charge >= 0.3 is 0 Å². The Morgan fingerprint density at radius 2 is 2.05 bits per heavy atom. The zero-order valence-electron chi connectivity index (χ0n) is 13.2. The standard InChI is InChI=1S/C16H27N3O/c1-12(2)16(3,11-17)18-15(20)14-8-6-7-13(9-14)10-19(4)5/h6-9,12H,10-11,17H2,1-5H3,(H,18,20). The van der Waals surface area contributed by atoms with Crippen molar-refractivity contribution in [2.75, 3.05) is 20.6 Å². The molecule has 0 fully saturated rings. The summed E-state index contributed by atoms with van der Waals surface area (Å²) in [5, 5.41) is 3.06. The van der Waals surface area contributed by atoms with Gasteiger partial charge in [0.1, 0.15) is 0 Å². The first kappa shape index (κ1) is 16.7. The van der Waals surface area contributed by atoms with E-state index in [2.05, 4.69) is 24.1 Å². The van der Waals surface area contributed by atoms with Gasteiger partial charge in [0.25, 0.3) is 5.91 Å². The van der Waals surface area contributed by atoms with Gasteiger partial charge in [-0.3, -0.25) is 4.79 Å². The fraction of sp³-hybridized carbons (Fsp3) is 0.562. The van der Waals surface area contributed by atoms with Crippen molar-refractivity contribution in [1.82, 2.24) is 10.2 Å². The van der Waals surface area contributed by atoms with Crippen molar-refractivity contribution >= 4 is 5.91 Å². The van der Waals surface area contributed by atoms with E-state index in [0.29, 0.717) is 12.1 Å². The molecule has 0 bridgehead atoms. The summed E-state index contributed by atoms with van der Waals surface area (Å²) in [5.74, 6) is 0.216. The smallest absolute Gasteiger partial charge is 0.251 e. The van der Waals surface area contributed by atoms with Gasteiger partial charge < -0.3 is 16.0 Å². The summed E-state index contributed by atoms with van der Waals surface area (Å²) < 4.78 is 0. The number of carbonyl (C=O) groups is 1. The van der Waals surface area contributed by atoms with E-state index in [-0.39, 0.29) is 17.4 Å². The van der Waals surface area contributed by atoms with Crippen molar-refractivity contribution in [2.45, 2.75) is 32.9 Å². The summed E-state index contributed by atoms with van der Waals surface area (Å²) in [6.07, 6.45) is 0. The summed E-state index contributed by atoms with van der Waals surface area (Å²) in [6.45, 7) is 7.36. The van der Waals surface area contributed by atoms with E-state index in [1.165, 1.54) is 0 Å². The third-order valence-electron chi connectivity index (χ3n) is 3.79. The van der Waals surface area contributed by atoms with Crippen molar-refractivity contribution in [1.29, 1.82) is 0 Å². The van der Waals surface area contributed by atoms with E-state index < -0.39 is 0 Å². The molecular formula is C16H27N3O. The molecule has 112 valence electrons. The summed E-state index contributed by atoms with van der Waals surface area (Å²) >= 11 is 0. The molecule has 20 heavy (non-hydrogen) atoms. The number of benzene rings is 1. The van der Waals surface area contributed by atoms with Crippen LogP contribution in [0.1, 0.15) is 36.7 Å². The molecule has 0 saturated carbocycles. The van der Waals surface area contributed by atoms with Gasteiger partial charge in [0.15, 0.2) is 0 Å². The van der Waals surface area contributed by atoms with Gasteiger partial charge in [-0.15, -0.1) is 0 Å². The highest BCUT2D eigenvalue weighted by atomic mass is 16.1. The lowest BCUT2D eigenvalue weighted by atomic mass is 9.88. The molecular weight excluding hydrogens is 250 g/mol. The number of hydrogen-bond donors (Lipinski definition) is 2. The SMILES string of the molecule is CC(C)C(C)(CN)NC(=O)c1cccc(CN(C)C)c1. The van der Waals surface area contributed by atoms with Gasteiger partial charge in [0.2, 0.25) is 0 Å². The fourth-order valence-electron chi connectivity index (χ4n) is 1.94. The molecule has 1 atom stereocenters. The Hall–Kier alpha value is -1.39. The minimum absolute atomic E-state index is 0.0627. The first-order valence-corrected chi connectivity index (χ1v) is 7.04. The monoisotopic (exact) mass is 277 g/mol. The van der Waals surface area contributed by atoms with Crippen molar-refractivity contribution in [3.05, 3.63) is 35.4 Å². The van der Waals surface area contributed by atoms with E-state index in [0.717, 1.165) is 12.1 Å². The van der Waals surface area contributed by atoms with Gasteiger partial charge in [-0.2, -0.15) is 0 Å². The maximum absolute atomic E-state index is 12.4. The predicted octanol–water partition coefficient (Wildman–Crippen LogP) is 1.85. The number of nitrogens with zero attached hydrogens (tertiary/aromatic N) is 1. The molecule has 1 unspecified atom stereocenters. The lowest BCUT2D eigenvalue weighted by molar-refractivity contribution is 0.0883. The fourth-order valence-corrected chi connectivity index (χ4v) is 1.94. The number of carbonyl (C=O) groups excluding carboxylic acids is 1. The summed E-state index contributed by atoms with van der Waals surface area (Å²) in [6, 6.07) is 7.72. The molecule has 0 heterocycles. The highest BCUT2D eigenvalue weighted by Crippen LogP contribution is 2.16. The molecule has 1 aromatic rings. The first-order chi connectivity index (χ1) is 9.28. The van der Waals surface area contributed by atoms with E-state index in [4.69, 9.17) is 5.73 Å². The Labute approximate surface area is 122 Å². The zero-order chi connectivity index (χ0) is 15.3. The summed E-state index contributed by atoms with van der Waals surface area (Å²) in [5.41, 5.74) is 7.24. The average Bonchev–Trinajstić information content (AvgIpc) is 2.37. The van der Waals surface area contributed by atoms with Crippen LogP contribution in [0.2, 0.25) is 0 Å². The minimum Gasteiger partial charge on any atom is -0.345 e. The maximum Gasteiger partial charge on any atom is 0.251 e. The number of nitrogens with one attached hydrogen (secondary N) is 1. The number of amides is 1. The molecule has 4 nitrogen and oxygen atoms in total. The van der Waals surface area contributed by atoms with Crippen molar-refractivity contribution < 1.29 is 4.79 Å². The number of nitrogens with two attached hydrogens (primary N) is 1. The maximum atomic E-state index is 12.4. The van der Waals surface area contributed by atoms with E-state index in [1.54, 1.807) is 0 Å². The largest absolute Gasteiger partial charge is 0.345 e. The molecule has 0 saturated heterocycles. The normalized spacial score (nSPS) is 14.4. The second-order valence-corrected chi connectivity index (χ2v) is 6.17. The van der Waals surface area contributed by atoms with Gasteiger partial charge in [-0.1, -0.05) is 26.0 Å². The van der Waals surface area contributed by atoms with Crippen LogP contribution >= 0.6 is 0 Å². The lowest BCUT2D eigenvalue weighted by Gasteiger charge is -2.33. The van der Waals surface area contributed by atoms with Gasteiger partial charge in [-0.25, -0.2) is 0 Å². The highest BCUT2D eigenvalue weighted by molar-refractivity contribution is 5.94. The third-order valence-corrected chi connectivity index (χ3v) is 3.79. The van der Waals surface area contributed by atoms with Crippen LogP contribution in [0.5, 0.6) is 0 Å². The Kier molecular flexibility index (Phi) is 5.72. The number of rotatable bonds is 6. The minimum atomic E-state index is -0.380. The molecule has 0 aliphatic heterocycles. The van der Waals surface area contributed by atoms with Crippen molar-refractivity contribution in [3.63, 3.8) is 0 Å². The van der Waals surface area contributed by atoms with Crippen LogP contribution in [0.25, 0.3) is 0 Å². The molecule has 4 heteroatoms. The first-order valence-electron chi connectivity index (χ1n) is 7.04. The molecule has 1 aromatic carbocycles. The highest BCUT2D eigenvalue weighted by Gasteiger charge is 2.28. The van der Waals surface area contributed by atoms with Gasteiger partial charge in [0, 0.05) is 18.7 Å². The third kappa shape index (κ3) is 4.32. The van der Waals surface area contributed by atoms with E-state index in [1.807, 2.05) is 45.3 Å². The topological polar surface area (TPSA) is 58.4 Å². The Morgan fingerprint density at radius 3 is 2.55 bits per heavy atom. The van der Waals surface area contributed by atoms with E-state index in [9.17, 15) is 4.79 Å². The van der Waals surface area contributed by atoms with E-state index >= 15 is 0 Å². The zero-order valence-corrected chi connectivity index (χ0v) is 13.2. The van der Waals surface area contributed by atoms with Crippen LogP contribution in [0.15, 0.2) is 24.3 Å². The summed E-state index contributed by atoms with van der Waals surface area (Å²) in [7, 11) is 4.02. The van der Waals surface area contributed by atoms with Crippen LogP contribution < -0.4 is 11.1 Å². The van der Waals surface area contributed by atoms with Crippen LogP contribution in [-0.4, -0.2) is 37.0 Å². The van der Waals surface area contributed by atoms with Crippen LogP contribution in [0, 0.1) is 5.92 Å². The quantitative estimate of drug-likeness (QED) is 0.834. The molecule has 0 aliphatic rings. The Bertz CT molecular complexity index is 457. The molecule has 0 aliphatic carbocycles. The molecule has 3 N–H and O–H groups in total. The Balaban J connectivity index is 2.87. The molecule has 0 spiro atoms. The second kappa shape index (κ2) is 6.86. The van der Waals surface area contributed by atoms with Crippen LogP contribution in [-0.2, 0) is 6.54 Å². The molecule has 1 amide bonds. The lowest BCUT2D eigenvalue weighted by Crippen LogP contribution is -2.55. The van der Waals surface area contributed by atoms with Crippen molar-refractivity contribution in [3.8, 4) is 0 Å².